The molecule has 0 atom stereocenters. The number of hydrogen-bond acceptors (Lipinski definition) is 4. The van der Waals surface area contributed by atoms with E-state index in [-0.39, 0.29) is 9.77 Å². The summed E-state index contributed by atoms with van der Waals surface area (Å²) < 4.78 is 31.5. The quantitative estimate of drug-likeness (QED) is 0.351. The number of anilines is 1. The topological polar surface area (TPSA) is 68.2 Å². The molecule has 5 nitrogen and oxygen atoms in total. The first kappa shape index (κ1) is 21.2. The lowest BCUT2D eigenvalue weighted by atomic mass is 10.0. The molecule has 0 aliphatic rings. The zero-order chi connectivity index (χ0) is 22.8. The van der Waals surface area contributed by atoms with E-state index in [1.54, 1.807) is 34.9 Å². The average molecular weight is 473 g/mol. The zero-order valence-electron chi connectivity index (χ0n) is 17.5. The third-order valence-electron chi connectivity index (χ3n) is 5.39. The van der Waals surface area contributed by atoms with Crippen molar-refractivity contribution in [3.8, 4) is 11.1 Å². The van der Waals surface area contributed by atoms with Crippen LogP contribution in [-0.2, 0) is 16.6 Å². The van der Waals surface area contributed by atoms with Crippen LogP contribution in [0.2, 0.25) is 0 Å². The number of sulfonamides is 1. The summed E-state index contributed by atoms with van der Waals surface area (Å²) in [5.74, 6) is 0. The Morgan fingerprint density at radius 2 is 1.45 bits per heavy atom. The predicted molar refractivity (Wildman–Crippen MR) is 134 cm³/mol. The molecule has 1 heterocycles. The summed E-state index contributed by atoms with van der Waals surface area (Å²) in [5, 5.41) is 0. The number of benzene rings is 4. The van der Waals surface area contributed by atoms with E-state index in [0.717, 1.165) is 33.5 Å². The number of fused-ring (bicyclic) bond motifs is 1. The van der Waals surface area contributed by atoms with Crippen molar-refractivity contribution in [1.29, 1.82) is 0 Å². The molecule has 0 unspecified atom stereocenters. The normalized spacial score (nSPS) is 11.5. The van der Waals surface area contributed by atoms with Crippen LogP contribution in [0.1, 0.15) is 5.56 Å². The van der Waals surface area contributed by atoms with Crippen molar-refractivity contribution in [2.45, 2.75) is 11.4 Å². The third-order valence-corrected chi connectivity index (χ3v) is 7.69. The molecular formula is C26H20N2O3S2. The van der Waals surface area contributed by atoms with Crippen LogP contribution in [0.4, 0.5) is 5.69 Å². The Bertz CT molecular complexity index is 1590. The van der Waals surface area contributed by atoms with E-state index in [9.17, 15) is 13.2 Å². The third kappa shape index (κ3) is 4.33. The van der Waals surface area contributed by atoms with E-state index in [1.807, 2.05) is 72.8 Å². The van der Waals surface area contributed by atoms with E-state index in [4.69, 9.17) is 0 Å². The molecule has 1 N–H and O–H groups in total. The Kier molecular flexibility index (Phi) is 5.58. The summed E-state index contributed by atoms with van der Waals surface area (Å²) >= 11 is 1.05. The second kappa shape index (κ2) is 8.69. The van der Waals surface area contributed by atoms with Crippen molar-refractivity contribution in [3.05, 3.63) is 118 Å². The molecule has 5 aromatic rings. The van der Waals surface area contributed by atoms with Crippen molar-refractivity contribution >= 4 is 37.3 Å². The summed E-state index contributed by atoms with van der Waals surface area (Å²) in [6.07, 6.45) is 0. The molecule has 0 bridgehead atoms. The lowest BCUT2D eigenvalue weighted by molar-refractivity contribution is 0.601. The molecule has 0 saturated heterocycles. The molecule has 0 aliphatic carbocycles. The molecule has 5 rings (SSSR count). The van der Waals surface area contributed by atoms with Gasteiger partial charge in [0.05, 0.1) is 27.3 Å². The minimum atomic E-state index is -3.85. The van der Waals surface area contributed by atoms with Crippen LogP contribution in [0.25, 0.3) is 21.3 Å². The van der Waals surface area contributed by atoms with Gasteiger partial charge in [0.2, 0.25) is 0 Å². The Hall–Kier alpha value is -3.68. The number of rotatable bonds is 6. The molecule has 0 spiro atoms. The van der Waals surface area contributed by atoms with Gasteiger partial charge in [0, 0.05) is 5.56 Å². The molecule has 1 aromatic heterocycles. The second-order valence-electron chi connectivity index (χ2n) is 7.59. The molecule has 33 heavy (non-hydrogen) atoms. The van der Waals surface area contributed by atoms with Crippen molar-refractivity contribution in [2.75, 3.05) is 4.72 Å². The van der Waals surface area contributed by atoms with E-state index < -0.39 is 10.0 Å². The van der Waals surface area contributed by atoms with Gasteiger partial charge in [-0.25, -0.2) is 8.42 Å². The number of hydrogen-bond donors (Lipinski definition) is 1. The molecule has 7 heteroatoms. The second-order valence-corrected chi connectivity index (χ2v) is 10.3. The molecule has 0 amide bonds. The largest absolute Gasteiger partial charge is 0.308 e. The first-order valence-corrected chi connectivity index (χ1v) is 12.7. The summed E-state index contributed by atoms with van der Waals surface area (Å²) in [4.78, 5) is 12.6. The Labute approximate surface area is 195 Å². The van der Waals surface area contributed by atoms with Gasteiger partial charge >= 0.3 is 4.87 Å². The molecule has 164 valence electrons. The molecule has 0 aliphatic heterocycles. The molecule has 0 saturated carbocycles. The molecule has 4 aromatic carbocycles. The van der Waals surface area contributed by atoms with Gasteiger partial charge in [0.15, 0.2) is 0 Å². The SMILES string of the molecule is O=c1sc2cc(S(=O)(=O)Nc3ccccc3-c3ccccc3)ccc2n1Cc1ccccc1. The maximum absolute atomic E-state index is 13.2. The monoisotopic (exact) mass is 472 g/mol. The fourth-order valence-electron chi connectivity index (χ4n) is 3.77. The summed E-state index contributed by atoms with van der Waals surface area (Å²) in [5.41, 5.74) is 3.94. The number of thiazole rings is 1. The van der Waals surface area contributed by atoms with Crippen LogP contribution in [-0.4, -0.2) is 13.0 Å². The smallest absolute Gasteiger partial charge is 0.294 e. The van der Waals surface area contributed by atoms with Crippen LogP contribution in [0.5, 0.6) is 0 Å². The van der Waals surface area contributed by atoms with Gasteiger partial charge < -0.3 is 0 Å². The Balaban J connectivity index is 1.49. The Morgan fingerprint density at radius 3 is 2.21 bits per heavy atom. The van der Waals surface area contributed by atoms with E-state index in [1.165, 1.54) is 0 Å². The van der Waals surface area contributed by atoms with Gasteiger partial charge in [-0.1, -0.05) is 90.2 Å². The van der Waals surface area contributed by atoms with Crippen molar-refractivity contribution in [2.24, 2.45) is 0 Å². The predicted octanol–water partition coefficient (Wildman–Crippen LogP) is 5.58. The lowest BCUT2D eigenvalue weighted by Gasteiger charge is -2.13. The highest BCUT2D eigenvalue weighted by molar-refractivity contribution is 7.92. The fraction of sp³-hybridized carbons (Fsp3) is 0.0385. The van der Waals surface area contributed by atoms with Gasteiger partial charge in [-0.2, -0.15) is 0 Å². The minimum Gasteiger partial charge on any atom is -0.294 e. The summed E-state index contributed by atoms with van der Waals surface area (Å²) in [7, 11) is -3.85. The highest BCUT2D eigenvalue weighted by Crippen LogP contribution is 2.30. The van der Waals surface area contributed by atoms with Gasteiger partial charge in [0.25, 0.3) is 10.0 Å². The van der Waals surface area contributed by atoms with Gasteiger partial charge in [-0.15, -0.1) is 0 Å². The number of para-hydroxylation sites is 1. The van der Waals surface area contributed by atoms with Crippen LogP contribution >= 0.6 is 11.3 Å². The number of aromatic nitrogens is 1. The van der Waals surface area contributed by atoms with E-state index in [0.29, 0.717) is 16.9 Å². The van der Waals surface area contributed by atoms with Crippen molar-refractivity contribution < 1.29 is 8.42 Å². The fourth-order valence-corrected chi connectivity index (χ4v) is 5.88. The molecule has 0 radical (unpaired) electrons. The van der Waals surface area contributed by atoms with Crippen molar-refractivity contribution in [1.82, 2.24) is 4.57 Å². The van der Waals surface area contributed by atoms with Crippen LogP contribution in [0.15, 0.2) is 113 Å². The number of nitrogens with zero attached hydrogens (tertiary/aromatic N) is 1. The molecular weight excluding hydrogens is 452 g/mol. The van der Waals surface area contributed by atoms with E-state index >= 15 is 0 Å². The van der Waals surface area contributed by atoms with Crippen molar-refractivity contribution in [3.63, 3.8) is 0 Å². The maximum atomic E-state index is 13.2. The maximum Gasteiger partial charge on any atom is 0.308 e. The first-order chi connectivity index (χ1) is 16.0. The molecule has 0 fully saturated rings. The minimum absolute atomic E-state index is 0.117. The van der Waals surface area contributed by atoms with Crippen LogP contribution in [0.3, 0.4) is 0 Å². The average Bonchev–Trinajstić information content (AvgIpc) is 3.14. The highest BCUT2D eigenvalue weighted by Gasteiger charge is 2.19. The van der Waals surface area contributed by atoms with Gasteiger partial charge in [-0.3, -0.25) is 14.1 Å². The van der Waals surface area contributed by atoms with Crippen LogP contribution < -0.4 is 9.60 Å². The van der Waals surface area contributed by atoms with Gasteiger partial charge in [0.1, 0.15) is 0 Å². The Morgan fingerprint density at radius 1 is 0.788 bits per heavy atom. The summed E-state index contributed by atoms with van der Waals surface area (Å²) in [6, 6.07) is 31.4. The zero-order valence-corrected chi connectivity index (χ0v) is 19.1. The van der Waals surface area contributed by atoms with E-state index in [2.05, 4.69) is 4.72 Å². The van der Waals surface area contributed by atoms with Gasteiger partial charge in [-0.05, 0) is 35.4 Å². The standard InChI is InChI=1S/C26H20N2O3S2/c29-26-28(18-19-9-3-1-4-10-19)24-16-15-21(17-25(24)32-26)33(30,31)27-23-14-8-7-13-22(23)20-11-5-2-6-12-20/h1-17,27H,18H2. The highest BCUT2D eigenvalue weighted by atomic mass is 32.2. The lowest BCUT2D eigenvalue weighted by Crippen LogP contribution is -2.14. The number of nitrogens with one attached hydrogen (secondary N) is 1. The van der Waals surface area contributed by atoms with Crippen LogP contribution in [0, 0.1) is 0 Å². The first-order valence-electron chi connectivity index (χ1n) is 10.4. The summed E-state index contributed by atoms with van der Waals surface area (Å²) in [6.45, 7) is 0.439.